The van der Waals surface area contributed by atoms with E-state index in [1.54, 1.807) is 4.90 Å². The summed E-state index contributed by atoms with van der Waals surface area (Å²) < 4.78 is 42.7. The second kappa shape index (κ2) is 14.5. The topological polar surface area (TPSA) is 176 Å². The molecule has 0 aliphatic carbocycles. The predicted octanol–water partition coefficient (Wildman–Crippen LogP) is 1.73. The molecule has 16 heteroatoms. The zero-order valence-corrected chi connectivity index (χ0v) is 23.0. The molecule has 0 spiro atoms. The second-order valence-electron chi connectivity index (χ2n) is 8.60. The molecule has 6 N–H and O–H groups in total. The third-order valence-corrected chi connectivity index (χ3v) is 6.88. The number of urea groups is 1. The molecule has 0 saturated carbocycles. The summed E-state index contributed by atoms with van der Waals surface area (Å²) in [5.41, 5.74) is 4.72. The van der Waals surface area contributed by atoms with Gasteiger partial charge >= 0.3 is 6.03 Å². The highest BCUT2D eigenvalue weighted by molar-refractivity contribution is 9.10. The smallest absolute Gasteiger partial charge is 0.319 e. The maximum absolute atomic E-state index is 14.1. The number of rotatable bonds is 12. The van der Waals surface area contributed by atoms with Crippen molar-refractivity contribution >= 4 is 50.3 Å². The monoisotopic (exact) mass is 635 g/mol. The number of carbonyl (C=O) groups excluding carboxylic acids is 3. The number of carbonyl (C=O) groups is 3. The number of nitrogens with one attached hydrogen (secondary N) is 2. The number of primary amides is 1. The fourth-order valence-corrected chi connectivity index (χ4v) is 4.82. The molecule has 39 heavy (non-hydrogen) atoms. The molecule has 1 saturated heterocycles. The van der Waals surface area contributed by atoms with E-state index in [0.29, 0.717) is 37.8 Å². The summed E-state index contributed by atoms with van der Waals surface area (Å²) in [5.74, 6) is -3.24. The highest BCUT2D eigenvalue weighted by Crippen LogP contribution is 2.31. The van der Waals surface area contributed by atoms with Crippen molar-refractivity contribution in [2.75, 3.05) is 38.2 Å². The first-order valence-electron chi connectivity index (χ1n) is 11.9. The normalized spacial score (nSPS) is 14.9. The van der Waals surface area contributed by atoms with Crippen LogP contribution in [0.4, 0.5) is 18.6 Å². The fourth-order valence-electron chi connectivity index (χ4n) is 3.69. The highest BCUT2D eigenvalue weighted by Gasteiger charge is 2.24. The van der Waals surface area contributed by atoms with Gasteiger partial charge in [-0.1, -0.05) is 15.9 Å². The van der Waals surface area contributed by atoms with Gasteiger partial charge in [-0.05, 0) is 36.5 Å². The van der Waals surface area contributed by atoms with Gasteiger partial charge in [-0.3, -0.25) is 14.9 Å². The summed E-state index contributed by atoms with van der Waals surface area (Å²) in [4.78, 5) is 38.0. The number of nitrogens with zero attached hydrogens (tertiary/aromatic N) is 2. The third kappa shape index (κ3) is 9.06. The first kappa shape index (κ1) is 30.6. The van der Waals surface area contributed by atoms with Crippen molar-refractivity contribution in [3.8, 4) is 5.88 Å². The van der Waals surface area contributed by atoms with Gasteiger partial charge in [0.1, 0.15) is 28.8 Å². The third-order valence-electron chi connectivity index (χ3n) is 5.67. The Morgan fingerprint density at radius 2 is 1.87 bits per heavy atom. The molecule has 2 atom stereocenters. The van der Waals surface area contributed by atoms with Crippen molar-refractivity contribution in [2.24, 2.45) is 5.73 Å². The van der Waals surface area contributed by atoms with E-state index in [1.165, 1.54) is 0 Å². The summed E-state index contributed by atoms with van der Waals surface area (Å²) in [5, 5.41) is 25.1. The molecule has 2 unspecified atom stereocenters. The van der Waals surface area contributed by atoms with Crippen LogP contribution in [-0.2, 0) is 16.1 Å². The van der Waals surface area contributed by atoms with Crippen LogP contribution < -0.4 is 21.1 Å². The number of ether oxygens (including phenoxy) is 2. The molecular weight excluding hydrogens is 608 g/mol. The lowest BCUT2D eigenvalue weighted by Gasteiger charge is -2.28. The lowest BCUT2D eigenvalue weighted by molar-refractivity contribution is -0.137. The number of nitrogens with two attached hydrogens (primary N) is 1. The van der Waals surface area contributed by atoms with Crippen LogP contribution in [0.25, 0.3) is 0 Å². The predicted molar refractivity (Wildman–Crippen MR) is 139 cm³/mol. The van der Waals surface area contributed by atoms with Crippen LogP contribution in [0, 0.1) is 11.6 Å². The Labute approximate surface area is 234 Å². The van der Waals surface area contributed by atoms with Crippen LogP contribution in [0.3, 0.4) is 0 Å². The van der Waals surface area contributed by atoms with Gasteiger partial charge in [0, 0.05) is 24.1 Å². The molecule has 2 heterocycles. The molecular formula is C23H28BrF2N5O7S. The van der Waals surface area contributed by atoms with Gasteiger partial charge in [-0.15, -0.1) is 0 Å². The standard InChI is InChI=1S/C23H28BrF2N5O7S/c24-12-7-16(25)15(17(26)8-12)11-38-21-19(20(27)35)22(39-30-21)29-23(36)28-2-1-13(32)9-14(33)10-18(34)31-3-5-37-6-4-31/h7-8,13-14,32-33H,1-6,9-11H2,(H2,27,35)(H2,28,29,36). The van der Waals surface area contributed by atoms with Crippen molar-refractivity contribution in [2.45, 2.75) is 38.1 Å². The minimum absolute atomic E-state index is 0.00726. The summed E-state index contributed by atoms with van der Waals surface area (Å²) >= 11 is 3.65. The van der Waals surface area contributed by atoms with E-state index in [2.05, 4.69) is 30.9 Å². The first-order chi connectivity index (χ1) is 18.5. The van der Waals surface area contributed by atoms with E-state index >= 15 is 0 Å². The van der Waals surface area contributed by atoms with Crippen LogP contribution in [0.5, 0.6) is 5.88 Å². The molecule has 3 rings (SSSR count). The number of aromatic nitrogens is 1. The Balaban J connectivity index is 1.45. The number of morpholine rings is 1. The number of hydrogen-bond acceptors (Lipinski definition) is 9. The number of benzene rings is 1. The minimum atomic E-state index is -1.04. The van der Waals surface area contributed by atoms with E-state index in [-0.39, 0.29) is 58.2 Å². The van der Waals surface area contributed by atoms with Crippen molar-refractivity contribution in [1.82, 2.24) is 14.6 Å². The Kier molecular flexibility index (Phi) is 11.4. The Hall–Kier alpha value is -2.92. The van der Waals surface area contributed by atoms with Gasteiger partial charge in [0.2, 0.25) is 11.8 Å². The van der Waals surface area contributed by atoms with Crippen molar-refractivity contribution in [3.05, 3.63) is 39.4 Å². The van der Waals surface area contributed by atoms with Crippen LogP contribution >= 0.6 is 27.5 Å². The molecule has 1 aliphatic rings. The van der Waals surface area contributed by atoms with E-state index in [1.807, 2.05) is 0 Å². The maximum atomic E-state index is 14.1. The highest BCUT2D eigenvalue weighted by atomic mass is 79.9. The summed E-state index contributed by atoms with van der Waals surface area (Å²) in [6.07, 6.45) is -2.13. The number of hydrogen-bond donors (Lipinski definition) is 5. The molecule has 0 radical (unpaired) electrons. The molecule has 1 aromatic heterocycles. The number of halogens is 3. The molecule has 4 amide bonds. The summed E-state index contributed by atoms with van der Waals surface area (Å²) in [6, 6.07) is 1.36. The average molecular weight is 636 g/mol. The van der Waals surface area contributed by atoms with Crippen LogP contribution in [0.15, 0.2) is 16.6 Å². The Morgan fingerprint density at radius 3 is 2.51 bits per heavy atom. The molecule has 214 valence electrons. The van der Waals surface area contributed by atoms with Crippen LogP contribution in [0.1, 0.15) is 35.2 Å². The lowest BCUT2D eigenvalue weighted by Crippen LogP contribution is -2.42. The van der Waals surface area contributed by atoms with Gasteiger partial charge in [0.05, 0.1) is 37.4 Å². The second-order valence-corrected chi connectivity index (χ2v) is 10.3. The van der Waals surface area contributed by atoms with E-state index in [0.717, 1.165) is 12.1 Å². The Bertz CT molecular complexity index is 1160. The van der Waals surface area contributed by atoms with E-state index in [9.17, 15) is 33.4 Å². The van der Waals surface area contributed by atoms with Gasteiger partial charge in [0.15, 0.2) is 0 Å². The molecule has 1 aromatic carbocycles. The van der Waals surface area contributed by atoms with Crippen molar-refractivity contribution < 1.29 is 42.9 Å². The van der Waals surface area contributed by atoms with Gasteiger partial charge in [0.25, 0.3) is 5.91 Å². The fraction of sp³-hybridized carbons (Fsp3) is 0.478. The van der Waals surface area contributed by atoms with Gasteiger partial charge in [-0.25, -0.2) is 13.6 Å². The molecule has 2 aromatic rings. The zero-order chi connectivity index (χ0) is 28.5. The zero-order valence-electron chi connectivity index (χ0n) is 20.6. The average Bonchev–Trinajstić information content (AvgIpc) is 3.26. The van der Waals surface area contributed by atoms with Gasteiger partial charge in [-0.2, -0.15) is 4.37 Å². The molecule has 12 nitrogen and oxygen atoms in total. The summed E-state index contributed by atoms with van der Waals surface area (Å²) in [7, 11) is 0. The quantitative estimate of drug-likeness (QED) is 0.234. The molecule has 1 aliphatic heterocycles. The summed E-state index contributed by atoms with van der Waals surface area (Å²) in [6.45, 7) is 1.23. The van der Waals surface area contributed by atoms with Crippen LogP contribution in [0.2, 0.25) is 0 Å². The van der Waals surface area contributed by atoms with Crippen molar-refractivity contribution in [3.63, 3.8) is 0 Å². The Morgan fingerprint density at radius 1 is 1.21 bits per heavy atom. The number of aliphatic hydroxyl groups is 2. The number of anilines is 1. The largest absolute Gasteiger partial charge is 0.471 e. The molecule has 0 bridgehead atoms. The first-order valence-corrected chi connectivity index (χ1v) is 13.4. The molecule has 1 fully saturated rings. The van der Waals surface area contributed by atoms with E-state index in [4.69, 9.17) is 15.2 Å². The van der Waals surface area contributed by atoms with Crippen molar-refractivity contribution in [1.29, 1.82) is 0 Å². The SMILES string of the molecule is NC(=O)c1c(OCc2c(F)cc(Br)cc2F)nsc1NC(=O)NCCC(O)CC(O)CC(=O)N1CCOCC1. The number of aliphatic hydroxyl groups excluding tert-OH is 2. The van der Waals surface area contributed by atoms with Crippen LogP contribution in [-0.4, -0.2) is 82.4 Å². The minimum Gasteiger partial charge on any atom is -0.471 e. The van der Waals surface area contributed by atoms with Gasteiger partial charge < -0.3 is 35.6 Å². The van der Waals surface area contributed by atoms with E-state index < -0.39 is 42.4 Å². The maximum Gasteiger partial charge on any atom is 0.319 e. The number of amides is 4. The lowest BCUT2D eigenvalue weighted by atomic mass is 10.1.